The monoisotopic (exact) mass is 682 g/mol. The maximum Gasteiger partial charge on any atom is 0.227 e. The van der Waals surface area contributed by atoms with Crippen molar-refractivity contribution in [3.8, 4) is 0 Å². The lowest BCUT2D eigenvalue weighted by molar-refractivity contribution is 0.326. The molecule has 21 heteroatoms. The van der Waals surface area contributed by atoms with Crippen LogP contribution in [0.25, 0.3) is 0 Å². The van der Waals surface area contributed by atoms with Crippen molar-refractivity contribution in [1.82, 2.24) is 4.48 Å². The molecule has 0 aliphatic carbocycles. The molecule has 0 bridgehead atoms. The van der Waals surface area contributed by atoms with Gasteiger partial charge >= 0.3 is 0 Å². The minimum atomic E-state index is -4.98. The molecule has 0 amide bonds. The Kier molecular flexibility index (Phi) is 8.00. The lowest BCUT2D eigenvalue weighted by Gasteiger charge is -2.37. The molecule has 4 aromatic rings. The van der Waals surface area contributed by atoms with Crippen LogP contribution in [-0.2, 0) is 0 Å². The number of rotatable bonds is 4. The van der Waals surface area contributed by atoms with Crippen LogP contribution in [0.5, 0.6) is 0 Å². The highest BCUT2D eigenvalue weighted by molar-refractivity contribution is 5.84. The van der Waals surface area contributed by atoms with E-state index in [9.17, 15) is 52.7 Å². The average molecular weight is 682 g/mol. The molecule has 0 atom stereocenters. The molecule has 0 spiro atoms. The Morgan fingerprint density at radius 3 is 0.356 bits per heavy atom. The van der Waals surface area contributed by atoms with Gasteiger partial charge in [0.2, 0.25) is 139 Å². The van der Waals surface area contributed by atoms with Gasteiger partial charge in [-0.1, -0.05) is 0 Å². The highest BCUT2D eigenvalue weighted by Crippen LogP contribution is 2.60. The van der Waals surface area contributed by atoms with Crippen LogP contribution >= 0.6 is 0 Å². The summed E-state index contributed by atoms with van der Waals surface area (Å²) in [5.74, 6) is -72.2. The molecular weight excluding hydrogens is 682 g/mol. The number of quaternary nitrogens is 1. The van der Waals surface area contributed by atoms with Crippen LogP contribution in [0.15, 0.2) is 0 Å². The first-order chi connectivity index (χ1) is 20.7. The van der Waals surface area contributed by atoms with Gasteiger partial charge in [0.05, 0.1) is 0 Å². The molecule has 4 aromatic carbocycles. The fourth-order valence-corrected chi connectivity index (χ4v) is 4.22. The molecule has 1 nitrogen and oxygen atoms in total. The Labute approximate surface area is 232 Å². The quantitative estimate of drug-likeness (QED) is 0.0871. The normalized spacial score (nSPS) is 12.0. The first-order valence-electron chi connectivity index (χ1n) is 10.7. The van der Waals surface area contributed by atoms with Crippen LogP contribution in [0.3, 0.4) is 0 Å². The molecule has 240 valence electrons. The highest BCUT2D eigenvalue weighted by atomic mass is 19.2. The van der Waals surface area contributed by atoms with Crippen LogP contribution in [-0.4, -0.2) is 0 Å². The van der Waals surface area contributed by atoms with Gasteiger partial charge in [-0.15, -0.1) is 0 Å². The van der Waals surface area contributed by atoms with Crippen molar-refractivity contribution in [2.45, 2.75) is 0 Å². The standard InChI is InChI=1S/C24F20N/c25-1-5(29)13(37)21(14(38)6(1)30)45(22-15(39)7(31)2(26)8(32)16(22)40,23-17(41)9(33)3(27)10(34)18(23)42)24-19(43)11(35)4(28)12(36)20(24)44/q+1. The topological polar surface area (TPSA) is 0 Å². The third-order valence-corrected chi connectivity index (χ3v) is 6.09. The molecule has 0 N–H and O–H groups in total. The zero-order valence-electron chi connectivity index (χ0n) is 20.0. The summed E-state index contributed by atoms with van der Waals surface area (Å²) in [4.78, 5) is 0. The van der Waals surface area contributed by atoms with E-state index in [1.54, 1.807) is 0 Å². The van der Waals surface area contributed by atoms with Crippen molar-refractivity contribution >= 4 is 22.7 Å². The zero-order chi connectivity index (χ0) is 34.4. The van der Waals surface area contributed by atoms with E-state index in [1.165, 1.54) is 0 Å². The van der Waals surface area contributed by atoms with Crippen molar-refractivity contribution < 1.29 is 87.8 Å². The first-order valence-corrected chi connectivity index (χ1v) is 10.7. The van der Waals surface area contributed by atoms with Crippen LogP contribution in [0.1, 0.15) is 0 Å². The molecule has 0 saturated carbocycles. The van der Waals surface area contributed by atoms with Gasteiger partial charge in [-0.2, -0.15) is 39.6 Å². The first kappa shape index (κ1) is 33.3. The fraction of sp³-hybridized carbons (Fsp3) is 0. The fourth-order valence-electron chi connectivity index (χ4n) is 4.22. The summed E-state index contributed by atoms with van der Waals surface area (Å²) in [5.41, 5.74) is -14.8. The molecule has 0 aliphatic heterocycles. The van der Waals surface area contributed by atoms with Crippen molar-refractivity contribution in [3.63, 3.8) is 0 Å². The van der Waals surface area contributed by atoms with E-state index in [4.69, 9.17) is 0 Å². The summed E-state index contributed by atoms with van der Waals surface area (Å²) in [7, 11) is 0. The second-order valence-electron chi connectivity index (χ2n) is 8.34. The second-order valence-corrected chi connectivity index (χ2v) is 8.34. The molecule has 45 heavy (non-hydrogen) atoms. The Hall–Kier alpha value is -4.56. The van der Waals surface area contributed by atoms with Crippen LogP contribution in [0.4, 0.5) is 111 Å². The van der Waals surface area contributed by atoms with E-state index >= 15 is 35.1 Å². The summed E-state index contributed by atoms with van der Waals surface area (Å²) in [5, 5.41) is 0. The van der Waals surface area contributed by atoms with Gasteiger partial charge in [0.15, 0.2) is 0 Å². The summed E-state index contributed by atoms with van der Waals surface area (Å²) in [6.45, 7) is 0. The number of nitrogens with zero attached hydrogens (tertiary/aromatic N) is 1. The van der Waals surface area contributed by atoms with Gasteiger partial charge in [-0.3, -0.25) is 0 Å². The Morgan fingerprint density at radius 2 is 0.244 bits per heavy atom. The summed E-state index contributed by atoms with van der Waals surface area (Å²) in [6, 6.07) is 0. The molecular formula is C24F20N+. The third-order valence-electron chi connectivity index (χ3n) is 6.09. The lowest BCUT2D eigenvalue weighted by Crippen LogP contribution is -2.42. The summed E-state index contributed by atoms with van der Waals surface area (Å²) < 4.78 is 289. The molecule has 0 aromatic heterocycles. The number of halogens is 20. The lowest BCUT2D eigenvalue weighted by atomic mass is 10.0. The molecule has 0 saturated heterocycles. The summed E-state index contributed by atoms with van der Waals surface area (Å²) in [6.07, 6.45) is 0. The van der Waals surface area contributed by atoms with E-state index in [-0.39, 0.29) is 0 Å². The van der Waals surface area contributed by atoms with Gasteiger partial charge < -0.3 is 0 Å². The highest BCUT2D eigenvalue weighted by Gasteiger charge is 2.60. The maximum absolute atomic E-state index is 15.3. The van der Waals surface area contributed by atoms with Crippen LogP contribution in [0.2, 0.25) is 0 Å². The second kappa shape index (κ2) is 10.8. The van der Waals surface area contributed by atoms with E-state index < -0.39 is 144 Å². The van der Waals surface area contributed by atoms with E-state index in [0.717, 1.165) is 0 Å². The van der Waals surface area contributed by atoms with Crippen molar-refractivity contribution in [3.05, 3.63) is 116 Å². The van der Waals surface area contributed by atoms with Crippen molar-refractivity contribution in [2.75, 3.05) is 0 Å². The number of hydrogen-bond acceptors (Lipinski definition) is 0. The predicted molar refractivity (Wildman–Crippen MR) is 106 cm³/mol. The zero-order valence-corrected chi connectivity index (χ0v) is 20.0. The Balaban J connectivity index is 2.69. The van der Waals surface area contributed by atoms with Gasteiger partial charge in [-0.05, 0) is 0 Å². The molecule has 0 aliphatic rings. The minimum absolute atomic E-state index is 3.36. The molecule has 0 unspecified atom stereocenters. The van der Waals surface area contributed by atoms with E-state index in [1.807, 2.05) is 0 Å². The van der Waals surface area contributed by atoms with Gasteiger partial charge in [-0.25, -0.2) is 52.7 Å². The maximum atomic E-state index is 15.3. The third kappa shape index (κ3) is 4.15. The Morgan fingerprint density at radius 1 is 0.156 bits per heavy atom. The van der Waals surface area contributed by atoms with E-state index in [2.05, 4.69) is 0 Å². The van der Waals surface area contributed by atoms with Crippen molar-refractivity contribution in [2.24, 2.45) is 0 Å². The van der Waals surface area contributed by atoms with Crippen LogP contribution in [0, 0.1) is 116 Å². The average Bonchev–Trinajstić information content (AvgIpc) is 3.00. The number of benzene rings is 4. The molecule has 0 radical (unpaired) electrons. The SMILES string of the molecule is Fc1c(F)c(F)c([N+](c2c(F)c(F)c(F)c(F)c2F)(c2c(F)c(F)c(F)c(F)c2F)c2c(F)c(F)c(F)c(F)c2F)c(F)c1F. The number of hydrogen-bond donors (Lipinski definition) is 0. The van der Waals surface area contributed by atoms with Crippen LogP contribution < -0.4 is 4.48 Å². The Bertz CT molecular complexity index is 1570. The van der Waals surface area contributed by atoms with E-state index in [0.29, 0.717) is 0 Å². The molecule has 0 fully saturated rings. The molecule has 4 rings (SSSR count). The smallest absolute Gasteiger partial charge is 0.200 e. The van der Waals surface area contributed by atoms with Gasteiger partial charge in [0.25, 0.3) is 0 Å². The van der Waals surface area contributed by atoms with Gasteiger partial charge in [0.1, 0.15) is 0 Å². The predicted octanol–water partition coefficient (Wildman–Crippen LogP) is 9.77. The van der Waals surface area contributed by atoms with Gasteiger partial charge in [0, 0.05) is 0 Å². The molecule has 0 heterocycles. The minimum Gasteiger partial charge on any atom is -0.200 e. The largest absolute Gasteiger partial charge is 0.227 e. The van der Waals surface area contributed by atoms with Crippen molar-refractivity contribution in [1.29, 1.82) is 0 Å². The summed E-state index contributed by atoms with van der Waals surface area (Å²) >= 11 is 0.